The Morgan fingerprint density at radius 1 is 1.22 bits per heavy atom. The largest absolute Gasteiger partial charge is 0.399 e. The number of carbonyl (C=O) groups is 2. The van der Waals surface area contributed by atoms with Gasteiger partial charge in [0.1, 0.15) is 6.61 Å². The van der Waals surface area contributed by atoms with E-state index in [2.05, 4.69) is 6.92 Å². The summed E-state index contributed by atoms with van der Waals surface area (Å²) in [4.78, 5) is 27.9. The number of carbonyl (C=O) groups excluding carboxylic acids is 2. The zero-order chi connectivity index (χ0) is 32.8. The standard InChI is InChI=1S/C37H43FN2O6/c1-20-8-11-27(40(4)18-21-6-5-7-23(39)14-21)33(38)31(20)34-45-30-16-26-25-10-9-22-15-24(42)12-13-35(22,2)32(25)28(43)17-36(26,3)37(30,46-34)29(44)19-41/h5-8,11-15,25-26,28,30,32,34,41,43H,9-10,16-19,39H2,1-4H3/t25-,26-,28-,30+,32+,34-,35-,36-,37+/m0/s1. The number of aliphatic hydroxyl groups is 2. The monoisotopic (exact) mass is 630 g/mol. The maximum atomic E-state index is 16.5. The molecule has 0 bridgehead atoms. The van der Waals surface area contributed by atoms with Crippen LogP contribution in [-0.2, 0) is 25.6 Å². The second kappa shape index (κ2) is 10.8. The van der Waals surface area contributed by atoms with Gasteiger partial charge in [0, 0.05) is 41.6 Å². The van der Waals surface area contributed by atoms with E-state index in [1.165, 1.54) is 0 Å². The third kappa shape index (κ3) is 4.31. The van der Waals surface area contributed by atoms with Crippen molar-refractivity contribution in [3.8, 4) is 0 Å². The number of rotatable bonds is 6. The lowest BCUT2D eigenvalue weighted by atomic mass is 9.46. The van der Waals surface area contributed by atoms with Gasteiger partial charge in [0.05, 0.1) is 17.9 Å². The van der Waals surface area contributed by atoms with Gasteiger partial charge in [0.25, 0.3) is 0 Å². The molecule has 2 aromatic carbocycles. The molecule has 7 rings (SSSR count). The summed E-state index contributed by atoms with van der Waals surface area (Å²) in [6, 6.07) is 11.0. The second-order valence-corrected chi connectivity index (χ2v) is 14.6. The van der Waals surface area contributed by atoms with E-state index in [-0.39, 0.29) is 35.5 Å². The van der Waals surface area contributed by atoms with Gasteiger partial charge in [-0.15, -0.1) is 0 Å². The summed E-state index contributed by atoms with van der Waals surface area (Å²) in [7, 11) is 1.80. The molecule has 0 radical (unpaired) electrons. The van der Waals surface area contributed by atoms with Gasteiger partial charge in [-0.1, -0.05) is 43.7 Å². The zero-order valence-corrected chi connectivity index (χ0v) is 26.8. The van der Waals surface area contributed by atoms with Crippen molar-refractivity contribution in [2.24, 2.45) is 28.6 Å². The van der Waals surface area contributed by atoms with E-state index >= 15 is 4.39 Å². The van der Waals surface area contributed by atoms with Crippen LogP contribution in [0.2, 0.25) is 0 Å². The van der Waals surface area contributed by atoms with Crippen molar-refractivity contribution in [3.63, 3.8) is 0 Å². The molecule has 4 aliphatic carbocycles. The Morgan fingerprint density at radius 3 is 2.74 bits per heavy atom. The summed E-state index contributed by atoms with van der Waals surface area (Å²) in [6.07, 6.45) is 4.81. The number of aliphatic hydroxyl groups excluding tert-OH is 2. The average molecular weight is 631 g/mol. The van der Waals surface area contributed by atoms with Gasteiger partial charge in [0.15, 0.2) is 29.3 Å². The second-order valence-electron chi connectivity index (χ2n) is 14.6. The molecule has 3 saturated carbocycles. The number of nitrogen functional groups attached to an aromatic ring is 1. The molecule has 4 fully saturated rings. The van der Waals surface area contributed by atoms with Crippen LogP contribution in [0.25, 0.3) is 0 Å². The molecule has 2 aromatic rings. The molecule has 46 heavy (non-hydrogen) atoms. The van der Waals surface area contributed by atoms with Gasteiger partial charge in [-0.25, -0.2) is 4.39 Å². The Balaban J connectivity index is 1.23. The quantitative estimate of drug-likeness (QED) is 0.383. The third-order valence-electron chi connectivity index (χ3n) is 12.2. The molecule has 244 valence electrons. The average Bonchev–Trinajstić information content (AvgIpc) is 3.49. The van der Waals surface area contributed by atoms with Crippen molar-refractivity contribution < 1.29 is 33.7 Å². The number of nitrogens with two attached hydrogens (primary N) is 1. The molecular weight excluding hydrogens is 587 g/mol. The highest BCUT2D eigenvalue weighted by molar-refractivity contribution is 6.01. The highest BCUT2D eigenvalue weighted by atomic mass is 19.1. The van der Waals surface area contributed by atoms with E-state index in [1.54, 1.807) is 43.2 Å². The number of fused-ring (bicyclic) bond motifs is 7. The predicted molar refractivity (Wildman–Crippen MR) is 171 cm³/mol. The minimum atomic E-state index is -1.55. The van der Waals surface area contributed by atoms with E-state index in [4.69, 9.17) is 15.2 Å². The van der Waals surface area contributed by atoms with Gasteiger partial charge < -0.3 is 30.3 Å². The number of hydrogen-bond acceptors (Lipinski definition) is 8. The lowest BCUT2D eigenvalue weighted by molar-refractivity contribution is -0.201. The predicted octanol–water partition coefficient (Wildman–Crippen LogP) is 4.96. The molecule has 1 aliphatic heterocycles. The van der Waals surface area contributed by atoms with Crippen LogP contribution in [0.5, 0.6) is 0 Å². The number of hydrogen-bond donors (Lipinski definition) is 3. The molecule has 0 unspecified atom stereocenters. The minimum absolute atomic E-state index is 0.0284. The fraction of sp³-hybridized carbons (Fsp3) is 0.514. The lowest BCUT2D eigenvalue weighted by Crippen LogP contribution is -2.63. The number of allylic oxidation sites excluding steroid dienone is 4. The van der Waals surface area contributed by atoms with Gasteiger partial charge in [-0.05, 0) is 85.9 Å². The van der Waals surface area contributed by atoms with Gasteiger partial charge in [0.2, 0.25) is 0 Å². The maximum absolute atomic E-state index is 16.5. The molecule has 9 atom stereocenters. The zero-order valence-electron chi connectivity index (χ0n) is 26.8. The fourth-order valence-electron chi connectivity index (χ4n) is 10.1. The summed E-state index contributed by atoms with van der Waals surface area (Å²) in [6.45, 7) is 5.53. The van der Waals surface area contributed by atoms with Crippen LogP contribution in [0.15, 0.2) is 60.2 Å². The number of halogens is 1. The van der Waals surface area contributed by atoms with E-state index in [0.29, 0.717) is 29.9 Å². The summed E-state index contributed by atoms with van der Waals surface area (Å²) in [5.41, 5.74) is 6.88. The summed E-state index contributed by atoms with van der Waals surface area (Å²) < 4.78 is 29.8. The number of benzene rings is 2. The topological polar surface area (TPSA) is 122 Å². The molecule has 4 N–H and O–H groups in total. The van der Waals surface area contributed by atoms with Crippen LogP contribution in [-0.4, -0.2) is 53.2 Å². The minimum Gasteiger partial charge on any atom is -0.399 e. The number of ether oxygens (including phenoxy) is 2. The molecular formula is C37H43FN2O6. The van der Waals surface area contributed by atoms with Crippen LogP contribution in [0.1, 0.15) is 62.5 Å². The van der Waals surface area contributed by atoms with Crippen molar-refractivity contribution >= 4 is 22.9 Å². The Morgan fingerprint density at radius 2 is 2.00 bits per heavy atom. The number of anilines is 2. The molecule has 5 aliphatic rings. The first-order valence-electron chi connectivity index (χ1n) is 16.3. The normalized spacial score (nSPS) is 37.6. The van der Waals surface area contributed by atoms with Crippen molar-refractivity contribution in [2.45, 2.75) is 77.1 Å². The molecule has 8 nitrogen and oxygen atoms in total. The van der Waals surface area contributed by atoms with Crippen molar-refractivity contribution in [2.75, 3.05) is 24.3 Å². The van der Waals surface area contributed by atoms with Gasteiger partial charge in [-0.2, -0.15) is 0 Å². The molecule has 9 heteroatoms. The van der Waals surface area contributed by atoms with E-state index < -0.39 is 53.1 Å². The Kier molecular flexibility index (Phi) is 7.36. The SMILES string of the molecule is Cc1ccc(N(C)Cc2cccc(N)c2)c(F)c1[C@H]1O[C@@H]2C[C@H]3[C@@H]4CCC5=CC(=O)C=C[C@]5(C)[C@H]4[C@@H](O)C[C@]3(C)[C@]2(C(=O)CO)O1. The van der Waals surface area contributed by atoms with Crippen LogP contribution in [0.3, 0.4) is 0 Å². The van der Waals surface area contributed by atoms with E-state index in [1.807, 2.05) is 37.3 Å². The fourth-order valence-corrected chi connectivity index (χ4v) is 10.1. The van der Waals surface area contributed by atoms with E-state index in [0.717, 1.165) is 24.0 Å². The molecule has 0 spiro atoms. The molecule has 0 aromatic heterocycles. The number of ketones is 2. The number of Topliss-reactive ketones (excluding diaryl/α,β-unsaturated/α-hetero) is 1. The first-order valence-corrected chi connectivity index (χ1v) is 16.3. The Labute approximate surface area is 269 Å². The molecule has 1 saturated heterocycles. The van der Waals surface area contributed by atoms with Gasteiger partial charge in [-0.3, -0.25) is 9.59 Å². The van der Waals surface area contributed by atoms with E-state index in [9.17, 15) is 19.8 Å². The first kappa shape index (κ1) is 31.2. The molecule has 1 heterocycles. The number of nitrogens with zero attached hydrogens (tertiary/aromatic N) is 1. The van der Waals surface area contributed by atoms with Crippen molar-refractivity contribution in [1.82, 2.24) is 0 Å². The summed E-state index contributed by atoms with van der Waals surface area (Å²) in [5.74, 6) is -1.18. The smallest absolute Gasteiger partial charge is 0.193 e. The number of aryl methyl sites for hydroxylation is 1. The van der Waals surface area contributed by atoms with Crippen LogP contribution in [0.4, 0.5) is 15.8 Å². The lowest BCUT2D eigenvalue weighted by Gasteiger charge is -2.59. The Hall–Kier alpha value is -3.37. The molecule has 0 amide bonds. The van der Waals surface area contributed by atoms with Crippen molar-refractivity contribution in [3.05, 3.63) is 82.7 Å². The maximum Gasteiger partial charge on any atom is 0.193 e. The van der Waals surface area contributed by atoms with Gasteiger partial charge >= 0.3 is 0 Å². The summed E-state index contributed by atoms with van der Waals surface area (Å²) in [5, 5.41) is 22.2. The summed E-state index contributed by atoms with van der Waals surface area (Å²) >= 11 is 0. The van der Waals surface area contributed by atoms with Crippen LogP contribution < -0.4 is 10.6 Å². The highest BCUT2D eigenvalue weighted by Gasteiger charge is 2.76. The van der Waals surface area contributed by atoms with Crippen molar-refractivity contribution in [1.29, 1.82) is 0 Å². The first-order chi connectivity index (χ1) is 21.8. The highest BCUT2D eigenvalue weighted by Crippen LogP contribution is 2.70. The van der Waals surface area contributed by atoms with Crippen LogP contribution in [0, 0.1) is 41.3 Å². The Bertz CT molecular complexity index is 1670. The van der Waals surface area contributed by atoms with Crippen LogP contribution >= 0.6 is 0 Å². The third-order valence-corrected chi connectivity index (χ3v) is 12.2.